The molecule has 2 saturated heterocycles. The Bertz CT molecular complexity index is 662. The van der Waals surface area contributed by atoms with Crippen LogP contribution >= 0.6 is 0 Å². The zero-order valence-corrected chi connectivity index (χ0v) is 18.1. The number of rotatable bonds is 4. The highest BCUT2D eigenvalue weighted by Gasteiger charge is 2.40. The summed E-state index contributed by atoms with van der Waals surface area (Å²) < 4.78 is 0. The van der Waals surface area contributed by atoms with E-state index in [9.17, 15) is 19.2 Å². The van der Waals surface area contributed by atoms with Crippen LogP contribution < -0.4 is 16.0 Å². The first-order valence-corrected chi connectivity index (χ1v) is 11.3. The molecule has 9 heteroatoms. The number of carbonyl (C=O) groups excluding carboxylic acids is 4. The van der Waals surface area contributed by atoms with E-state index < -0.39 is 12.1 Å². The van der Waals surface area contributed by atoms with Crippen LogP contribution in [0.15, 0.2) is 0 Å². The van der Waals surface area contributed by atoms with Gasteiger partial charge in [0.05, 0.1) is 6.54 Å². The van der Waals surface area contributed by atoms with Gasteiger partial charge in [-0.05, 0) is 39.5 Å². The van der Waals surface area contributed by atoms with Crippen LogP contribution in [-0.2, 0) is 14.4 Å². The first kappa shape index (κ1) is 22.4. The van der Waals surface area contributed by atoms with Crippen LogP contribution in [0.3, 0.4) is 0 Å². The van der Waals surface area contributed by atoms with Crippen molar-refractivity contribution in [2.45, 2.75) is 76.9 Å². The third-order valence-electron chi connectivity index (χ3n) is 6.22. The number of nitrogens with zero attached hydrogens (tertiary/aromatic N) is 2. The maximum atomic E-state index is 13.1. The monoisotopic (exact) mass is 421 g/mol. The largest absolute Gasteiger partial charge is 0.354 e. The van der Waals surface area contributed by atoms with E-state index in [4.69, 9.17) is 0 Å². The molecular formula is C21H35N5O4. The van der Waals surface area contributed by atoms with Crippen molar-refractivity contribution in [1.29, 1.82) is 0 Å². The minimum atomic E-state index is -0.806. The van der Waals surface area contributed by atoms with Crippen molar-refractivity contribution < 1.29 is 19.2 Å². The van der Waals surface area contributed by atoms with Crippen molar-refractivity contribution >= 4 is 23.8 Å². The molecule has 0 unspecified atom stereocenters. The van der Waals surface area contributed by atoms with Crippen LogP contribution in [0.2, 0.25) is 0 Å². The maximum Gasteiger partial charge on any atom is 0.318 e. The van der Waals surface area contributed by atoms with E-state index in [1.807, 2.05) is 13.8 Å². The number of hydrogen-bond acceptors (Lipinski definition) is 4. The average molecular weight is 422 g/mol. The molecule has 3 aliphatic rings. The Kier molecular flexibility index (Phi) is 7.55. The van der Waals surface area contributed by atoms with Gasteiger partial charge < -0.3 is 25.8 Å². The number of piperidine rings is 1. The molecule has 0 spiro atoms. The van der Waals surface area contributed by atoms with Gasteiger partial charge in [0, 0.05) is 31.6 Å². The summed E-state index contributed by atoms with van der Waals surface area (Å²) in [6.45, 7) is 5.23. The smallest absolute Gasteiger partial charge is 0.318 e. The Balaban J connectivity index is 1.71. The highest BCUT2D eigenvalue weighted by atomic mass is 16.2. The maximum absolute atomic E-state index is 13.1. The van der Waals surface area contributed by atoms with Crippen molar-refractivity contribution in [3.63, 3.8) is 0 Å². The molecule has 168 valence electrons. The molecule has 30 heavy (non-hydrogen) atoms. The predicted octanol–water partition coefficient (Wildman–Crippen LogP) is 0.592. The average Bonchev–Trinajstić information content (AvgIpc) is 2.74. The van der Waals surface area contributed by atoms with E-state index in [-0.39, 0.29) is 42.3 Å². The lowest BCUT2D eigenvalue weighted by atomic mass is 9.88. The van der Waals surface area contributed by atoms with Crippen LogP contribution in [-0.4, -0.2) is 77.9 Å². The molecule has 1 aliphatic carbocycles. The fourth-order valence-electron chi connectivity index (χ4n) is 4.57. The van der Waals surface area contributed by atoms with Crippen molar-refractivity contribution in [3.8, 4) is 0 Å². The van der Waals surface area contributed by atoms with Gasteiger partial charge in [-0.3, -0.25) is 14.4 Å². The summed E-state index contributed by atoms with van der Waals surface area (Å²) in [4.78, 5) is 54.2. The van der Waals surface area contributed by atoms with Gasteiger partial charge in [-0.15, -0.1) is 0 Å². The highest BCUT2D eigenvalue weighted by molar-refractivity contribution is 5.93. The minimum Gasteiger partial charge on any atom is -0.354 e. The Morgan fingerprint density at radius 2 is 1.77 bits per heavy atom. The number of urea groups is 1. The van der Waals surface area contributed by atoms with Crippen LogP contribution in [0, 0.1) is 5.92 Å². The first-order valence-electron chi connectivity index (χ1n) is 11.3. The second kappa shape index (κ2) is 10.1. The molecule has 0 aromatic carbocycles. The fourth-order valence-corrected chi connectivity index (χ4v) is 4.57. The molecule has 1 saturated carbocycles. The van der Waals surface area contributed by atoms with Gasteiger partial charge in [0.15, 0.2) is 0 Å². The number of piperazine rings is 1. The summed E-state index contributed by atoms with van der Waals surface area (Å²) in [6, 6.07) is -1.78. The zero-order valence-electron chi connectivity index (χ0n) is 18.1. The molecule has 2 heterocycles. The summed E-state index contributed by atoms with van der Waals surface area (Å²) in [6.07, 6.45) is 6.46. The molecule has 2 atom stereocenters. The van der Waals surface area contributed by atoms with Gasteiger partial charge in [-0.25, -0.2) is 4.79 Å². The Labute approximate surface area is 178 Å². The predicted molar refractivity (Wildman–Crippen MR) is 111 cm³/mol. The topological polar surface area (TPSA) is 111 Å². The number of carbonyl (C=O) groups is 4. The lowest BCUT2D eigenvalue weighted by molar-refractivity contribution is -0.142. The van der Waals surface area contributed by atoms with Crippen molar-refractivity contribution in [2.75, 3.05) is 26.2 Å². The zero-order chi connectivity index (χ0) is 21.7. The molecule has 0 aromatic rings. The molecule has 5 amide bonds. The second-order valence-corrected chi connectivity index (χ2v) is 8.93. The highest BCUT2D eigenvalue weighted by Crippen LogP contribution is 2.26. The minimum absolute atomic E-state index is 0.0163. The van der Waals surface area contributed by atoms with Gasteiger partial charge in [-0.2, -0.15) is 0 Å². The van der Waals surface area contributed by atoms with E-state index in [0.29, 0.717) is 26.1 Å². The second-order valence-electron chi connectivity index (χ2n) is 8.93. The number of nitrogens with one attached hydrogen (secondary N) is 3. The standard InChI is InChI=1S/C21H35N5O4/c1-14(2)23-21(30)26-12-11-25(20(29)15-7-4-3-5-8-15)13-17(26)19(28)24-16-9-6-10-22-18(16)27/h14-17H,3-13H2,1-2H3,(H,22,27)(H,23,30)(H,24,28)/t16-,17-/m0/s1. The molecule has 0 radical (unpaired) electrons. The Hall–Kier alpha value is -2.32. The molecular weight excluding hydrogens is 386 g/mol. The van der Waals surface area contributed by atoms with Crippen molar-refractivity contribution in [2.24, 2.45) is 5.92 Å². The van der Waals surface area contributed by atoms with Crippen LogP contribution in [0.1, 0.15) is 58.8 Å². The lowest BCUT2D eigenvalue weighted by Gasteiger charge is -2.42. The molecule has 9 nitrogen and oxygen atoms in total. The SMILES string of the molecule is CC(C)NC(=O)N1CCN(C(=O)C2CCCCC2)C[C@H]1C(=O)N[C@H]1CCCNC1=O. The summed E-state index contributed by atoms with van der Waals surface area (Å²) in [5.41, 5.74) is 0. The molecule has 3 fully saturated rings. The molecule has 0 bridgehead atoms. The lowest BCUT2D eigenvalue weighted by Crippen LogP contribution is -2.65. The molecule has 0 aromatic heterocycles. The molecule has 3 N–H and O–H groups in total. The molecule has 3 rings (SSSR count). The molecule has 2 aliphatic heterocycles. The first-order chi connectivity index (χ1) is 14.4. The van der Waals surface area contributed by atoms with E-state index in [1.54, 1.807) is 4.90 Å². The van der Waals surface area contributed by atoms with Gasteiger partial charge >= 0.3 is 6.03 Å². The van der Waals surface area contributed by atoms with E-state index in [1.165, 1.54) is 11.3 Å². The Morgan fingerprint density at radius 1 is 1.03 bits per heavy atom. The van der Waals surface area contributed by atoms with Crippen LogP contribution in [0.25, 0.3) is 0 Å². The quantitative estimate of drug-likeness (QED) is 0.617. The number of amides is 5. The summed E-state index contributed by atoms with van der Waals surface area (Å²) in [5.74, 6) is -0.467. The van der Waals surface area contributed by atoms with Gasteiger partial charge in [0.25, 0.3) is 0 Å². The van der Waals surface area contributed by atoms with Crippen LogP contribution in [0.5, 0.6) is 0 Å². The van der Waals surface area contributed by atoms with E-state index in [0.717, 1.165) is 32.1 Å². The summed E-state index contributed by atoms with van der Waals surface area (Å²) in [5, 5.41) is 8.41. The third kappa shape index (κ3) is 5.43. The van der Waals surface area contributed by atoms with Gasteiger partial charge in [0.1, 0.15) is 12.1 Å². The van der Waals surface area contributed by atoms with Crippen LogP contribution in [0.4, 0.5) is 4.79 Å². The summed E-state index contributed by atoms with van der Waals surface area (Å²) in [7, 11) is 0. The number of hydrogen-bond donors (Lipinski definition) is 3. The van der Waals surface area contributed by atoms with E-state index in [2.05, 4.69) is 16.0 Å². The van der Waals surface area contributed by atoms with Gasteiger partial charge in [-0.1, -0.05) is 19.3 Å². The Morgan fingerprint density at radius 3 is 2.43 bits per heavy atom. The van der Waals surface area contributed by atoms with Gasteiger partial charge in [0.2, 0.25) is 17.7 Å². The van der Waals surface area contributed by atoms with Crippen molar-refractivity contribution in [3.05, 3.63) is 0 Å². The summed E-state index contributed by atoms with van der Waals surface area (Å²) >= 11 is 0. The van der Waals surface area contributed by atoms with Crippen molar-refractivity contribution in [1.82, 2.24) is 25.8 Å². The normalized spacial score (nSPS) is 25.6. The van der Waals surface area contributed by atoms with E-state index >= 15 is 0 Å². The fraction of sp³-hybridized carbons (Fsp3) is 0.810. The third-order valence-corrected chi connectivity index (χ3v) is 6.22.